The summed E-state index contributed by atoms with van der Waals surface area (Å²) in [6.07, 6.45) is 0.0402. The van der Waals surface area contributed by atoms with E-state index in [-0.39, 0.29) is 18.7 Å². The van der Waals surface area contributed by atoms with Gasteiger partial charge in [0.2, 0.25) is 0 Å². The predicted octanol–water partition coefficient (Wildman–Crippen LogP) is 2.18. The zero-order chi connectivity index (χ0) is 19.5. The Kier molecular flexibility index (Phi) is 5.73. The molecule has 7 nitrogen and oxygen atoms in total. The average molecular weight is 361 g/mol. The van der Waals surface area contributed by atoms with Crippen LogP contribution in [0.4, 0.5) is 9.18 Å². The molecule has 0 aromatic heterocycles. The fraction of sp³-hybridized carbons (Fsp3) is 0.444. The lowest BCUT2D eigenvalue weighted by molar-refractivity contribution is 0.0250. The summed E-state index contributed by atoms with van der Waals surface area (Å²) in [6, 6.07) is 5.95. The van der Waals surface area contributed by atoms with Crippen LogP contribution >= 0.6 is 0 Å². The molecular formula is C18H24FN5O2. The first-order valence-corrected chi connectivity index (χ1v) is 8.27. The van der Waals surface area contributed by atoms with Crippen molar-refractivity contribution in [3.05, 3.63) is 46.5 Å². The smallest absolute Gasteiger partial charge is 0.410 e. The molecule has 1 amide bonds. The molecule has 0 radical (unpaired) electrons. The number of benzene rings is 1. The van der Waals surface area contributed by atoms with Crippen LogP contribution in [0.3, 0.4) is 0 Å². The van der Waals surface area contributed by atoms with Crippen LogP contribution in [0, 0.1) is 17.1 Å². The fourth-order valence-corrected chi connectivity index (χ4v) is 2.66. The Morgan fingerprint density at radius 1 is 1.46 bits per heavy atom. The molecule has 0 saturated carbocycles. The Morgan fingerprint density at radius 2 is 2.15 bits per heavy atom. The van der Waals surface area contributed by atoms with Crippen molar-refractivity contribution in [3.63, 3.8) is 0 Å². The number of amides is 1. The third-order valence-corrected chi connectivity index (χ3v) is 3.88. The Balaban J connectivity index is 2.09. The highest BCUT2D eigenvalue weighted by Crippen LogP contribution is 2.21. The van der Waals surface area contributed by atoms with Crippen LogP contribution in [-0.2, 0) is 11.3 Å². The Labute approximate surface area is 152 Å². The van der Waals surface area contributed by atoms with E-state index in [1.807, 2.05) is 6.07 Å². The summed E-state index contributed by atoms with van der Waals surface area (Å²) in [6.45, 7) is 6.26. The van der Waals surface area contributed by atoms with Crippen LogP contribution in [0.15, 0.2) is 29.6 Å². The molecule has 4 N–H and O–H groups in total. The summed E-state index contributed by atoms with van der Waals surface area (Å²) >= 11 is 0. The second kappa shape index (κ2) is 7.62. The number of carbonyl (C=O) groups excluding carboxylic acids is 1. The van der Waals surface area contributed by atoms with Gasteiger partial charge in [0.05, 0.1) is 30.4 Å². The second-order valence-electron chi connectivity index (χ2n) is 7.17. The maximum atomic E-state index is 13.2. The van der Waals surface area contributed by atoms with Gasteiger partial charge in [-0.2, -0.15) is 5.26 Å². The van der Waals surface area contributed by atoms with Crippen molar-refractivity contribution in [2.75, 3.05) is 13.1 Å². The SMILES string of the molecule is CC(C)(C)OC(=O)N1CCC(N(N)Cc2ccc(F)cc2C#N)=C(N)C1. The number of nitrogens with zero attached hydrogens (tertiary/aromatic N) is 3. The molecule has 1 heterocycles. The molecule has 0 fully saturated rings. The van der Waals surface area contributed by atoms with E-state index in [4.69, 9.17) is 21.6 Å². The van der Waals surface area contributed by atoms with E-state index in [0.717, 1.165) is 0 Å². The highest BCUT2D eigenvalue weighted by molar-refractivity contribution is 5.68. The van der Waals surface area contributed by atoms with E-state index in [1.54, 1.807) is 20.8 Å². The topological polar surface area (TPSA) is 109 Å². The number of rotatable bonds is 3. The molecule has 2 rings (SSSR count). The first kappa shape index (κ1) is 19.5. The predicted molar refractivity (Wildman–Crippen MR) is 94.5 cm³/mol. The summed E-state index contributed by atoms with van der Waals surface area (Å²) in [7, 11) is 0. The van der Waals surface area contributed by atoms with Crippen molar-refractivity contribution in [3.8, 4) is 6.07 Å². The number of hydrogen-bond donors (Lipinski definition) is 2. The highest BCUT2D eigenvalue weighted by Gasteiger charge is 2.27. The normalized spacial score (nSPS) is 14.8. The van der Waals surface area contributed by atoms with Gasteiger partial charge in [0.15, 0.2) is 0 Å². The fourth-order valence-electron chi connectivity index (χ4n) is 2.66. The molecule has 0 atom stereocenters. The van der Waals surface area contributed by atoms with Crippen molar-refractivity contribution in [2.24, 2.45) is 11.6 Å². The lowest BCUT2D eigenvalue weighted by Crippen LogP contribution is -2.45. The van der Waals surface area contributed by atoms with E-state index < -0.39 is 17.5 Å². The maximum absolute atomic E-state index is 13.2. The van der Waals surface area contributed by atoms with Gasteiger partial charge >= 0.3 is 6.09 Å². The van der Waals surface area contributed by atoms with E-state index in [1.165, 1.54) is 28.1 Å². The second-order valence-corrected chi connectivity index (χ2v) is 7.17. The molecule has 0 saturated heterocycles. The average Bonchev–Trinajstić information content (AvgIpc) is 2.54. The van der Waals surface area contributed by atoms with Crippen LogP contribution in [0.2, 0.25) is 0 Å². The molecule has 1 aromatic carbocycles. The summed E-state index contributed by atoms with van der Waals surface area (Å²) in [5.41, 5.74) is 7.51. The van der Waals surface area contributed by atoms with Crippen LogP contribution in [0.5, 0.6) is 0 Å². The quantitative estimate of drug-likeness (QED) is 0.631. The Morgan fingerprint density at radius 3 is 2.73 bits per heavy atom. The Bertz CT molecular complexity index is 764. The number of hydrazine groups is 1. The van der Waals surface area contributed by atoms with Gasteiger partial charge in [0, 0.05) is 18.7 Å². The molecular weight excluding hydrogens is 337 g/mol. The third-order valence-electron chi connectivity index (χ3n) is 3.88. The first-order chi connectivity index (χ1) is 12.1. The highest BCUT2D eigenvalue weighted by atomic mass is 19.1. The minimum absolute atomic E-state index is 0.214. The first-order valence-electron chi connectivity index (χ1n) is 8.27. The molecule has 0 spiro atoms. The molecule has 1 aliphatic heterocycles. The largest absolute Gasteiger partial charge is 0.444 e. The van der Waals surface area contributed by atoms with Crippen LogP contribution in [-0.4, -0.2) is 34.7 Å². The van der Waals surface area contributed by atoms with Gasteiger partial charge in [-0.05, 0) is 38.5 Å². The molecule has 0 unspecified atom stereocenters. The van der Waals surface area contributed by atoms with E-state index in [2.05, 4.69) is 0 Å². The summed E-state index contributed by atoms with van der Waals surface area (Å²) in [5, 5.41) is 10.6. The molecule has 1 aliphatic rings. The van der Waals surface area contributed by atoms with Gasteiger partial charge < -0.3 is 20.4 Å². The number of hydrogen-bond acceptors (Lipinski definition) is 6. The third kappa shape index (κ3) is 4.86. The van der Waals surface area contributed by atoms with Gasteiger partial charge in [0.25, 0.3) is 0 Å². The van der Waals surface area contributed by atoms with Crippen molar-refractivity contribution in [1.29, 1.82) is 5.26 Å². The standard InChI is InChI=1S/C18H24FN5O2/c1-18(2,3)26-17(25)23-7-6-16(15(21)11-23)24(22)10-12-4-5-14(19)8-13(12)9-20/h4-5,8H,6-7,10-11,21-22H2,1-3H3. The van der Waals surface area contributed by atoms with Gasteiger partial charge in [-0.3, -0.25) is 0 Å². The van der Waals surface area contributed by atoms with Gasteiger partial charge in [0.1, 0.15) is 11.4 Å². The molecule has 140 valence electrons. The van der Waals surface area contributed by atoms with E-state index in [9.17, 15) is 9.18 Å². The number of nitrogens with two attached hydrogens (primary N) is 2. The van der Waals surface area contributed by atoms with Crippen molar-refractivity contribution in [1.82, 2.24) is 9.91 Å². The van der Waals surface area contributed by atoms with E-state index >= 15 is 0 Å². The Hall–Kier alpha value is -2.79. The van der Waals surface area contributed by atoms with Crippen molar-refractivity contribution in [2.45, 2.75) is 39.3 Å². The molecule has 0 bridgehead atoms. The molecule has 1 aromatic rings. The number of carbonyl (C=O) groups is 1. The minimum Gasteiger partial charge on any atom is -0.444 e. The van der Waals surface area contributed by atoms with Crippen LogP contribution in [0.25, 0.3) is 0 Å². The van der Waals surface area contributed by atoms with Gasteiger partial charge in [-0.15, -0.1) is 0 Å². The maximum Gasteiger partial charge on any atom is 0.410 e. The summed E-state index contributed by atoms with van der Waals surface area (Å²) in [4.78, 5) is 13.7. The van der Waals surface area contributed by atoms with Crippen LogP contribution in [0.1, 0.15) is 38.3 Å². The monoisotopic (exact) mass is 361 g/mol. The van der Waals surface area contributed by atoms with Crippen molar-refractivity contribution >= 4 is 6.09 Å². The minimum atomic E-state index is -0.577. The number of halogens is 1. The van der Waals surface area contributed by atoms with Gasteiger partial charge in [-0.25, -0.2) is 15.0 Å². The zero-order valence-electron chi connectivity index (χ0n) is 15.3. The van der Waals surface area contributed by atoms with Crippen LogP contribution < -0.4 is 11.6 Å². The molecule has 26 heavy (non-hydrogen) atoms. The summed E-state index contributed by atoms with van der Waals surface area (Å²) < 4.78 is 18.6. The molecule has 0 aliphatic carbocycles. The lowest BCUT2D eigenvalue weighted by Gasteiger charge is -2.34. The number of ether oxygens (including phenoxy) is 1. The van der Waals surface area contributed by atoms with Gasteiger partial charge in [-0.1, -0.05) is 6.07 Å². The van der Waals surface area contributed by atoms with Crippen molar-refractivity contribution < 1.29 is 13.9 Å². The zero-order valence-corrected chi connectivity index (χ0v) is 15.3. The summed E-state index contributed by atoms with van der Waals surface area (Å²) in [5.74, 6) is 5.64. The van der Waals surface area contributed by atoms with E-state index in [0.29, 0.717) is 29.9 Å². The number of nitriles is 1. The lowest BCUT2D eigenvalue weighted by atomic mass is 10.1. The molecule has 8 heteroatoms.